The standard InChI is InChI=1S/C18H37NO2/c1-4-6-8-9-10-11-12-14-16-21-18(20)19-17(3)15-13-7-5-2/h17H,4-16H2,1-3H3,(H,19,20). The van der Waals surface area contributed by atoms with E-state index in [2.05, 4.69) is 19.2 Å². The molecule has 21 heavy (non-hydrogen) atoms. The Morgan fingerprint density at radius 3 is 2.00 bits per heavy atom. The molecule has 0 aromatic heterocycles. The summed E-state index contributed by atoms with van der Waals surface area (Å²) in [5.41, 5.74) is 0. The number of ether oxygens (including phenoxy) is 1. The van der Waals surface area contributed by atoms with E-state index < -0.39 is 0 Å². The van der Waals surface area contributed by atoms with Crippen molar-refractivity contribution in [3.63, 3.8) is 0 Å². The minimum atomic E-state index is -0.248. The fourth-order valence-corrected chi connectivity index (χ4v) is 2.42. The SMILES string of the molecule is CCCCCCCCCCOC(=O)NC(C)CCCCC. The van der Waals surface area contributed by atoms with Crippen LogP contribution in [-0.2, 0) is 4.74 Å². The first kappa shape index (κ1) is 20.3. The third kappa shape index (κ3) is 15.5. The van der Waals surface area contributed by atoms with Crippen LogP contribution in [0.5, 0.6) is 0 Å². The summed E-state index contributed by atoms with van der Waals surface area (Å²) in [6.45, 7) is 7.04. The molecule has 3 nitrogen and oxygen atoms in total. The van der Waals surface area contributed by atoms with E-state index in [0.29, 0.717) is 6.61 Å². The molecule has 1 unspecified atom stereocenters. The first-order valence-electron chi connectivity index (χ1n) is 9.14. The lowest BCUT2D eigenvalue weighted by molar-refractivity contribution is 0.140. The number of hydrogen-bond donors (Lipinski definition) is 1. The molecule has 0 spiro atoms. The molecular weight excluding hydrogens is 262 g/mol. The number of nitrogens with one attached hydrogen (secondary N) is 1. The largest absolute Gasteiger partial charge is 0.450 e. The Bertz CT molecular complexity index is 231. The van der Waals surface area contributed by atoms with Gasteiger partial charge in [-0.05, 0) is 19.8 Å². The smallest absolute Gasteiger partial charge is 0.407 e. The summed E-state index contributed by atoms with van der Waals surface area (Å²) in [5.74, 6) is 0. The van der Waals surface area contributed by atoms with E-state index in [1.165, 1.54) is 64.2 Å². The van der Waals surface area contributed by atoms with Gasteiger partial charge in [-0.2, -0.15) is 0 Å². The van der Waals surface area contributed by atoms with E-state index in [-0.39, 0.29) is 12.1 Å². The van der Waals surface area contributed by atoms with Crippen molar-refractivity contribution in [2.75, 3.05) is 6.61 Å². The highest BCUT2D eigenvalue weighted by Gasteiger charge is 2.07. The number of unbranched alkanes of at least 4 members (excludes halogenated alkanes) is 9. The van der Waals surface area contributed by atoms with Gasteiger partial charge in [-0.1, -0.05) is 78.1 Å². The van der Waals surface area contributed by atoms with Crippen molar-refractivity contribution in [2.24, 2.45) is 0 Å². The van der Waals surface area contributed by atoms with Gasteiger partial charge >= 0.3 is 6.09 Å². The minimum absolute atomic E-state index is 0.225. The van der Waals surface area contributed by atoms with E-state index in [9.17, 15) is 4.79 Å². The molecule has 0 heterocycles. The molecule has 1 N–H and O–H groups in total. The molecule has 126 valence electrons. The average molecular weight is 299 g/mol. The molecule has 0 radical (unpaired) electrons. The summed E-state index contributed by atoms with van der Waals surface area (Å²) in [4.78, 5) is 11.6. The topological polar surface area (TPSA) is 38.3 Å². The van der Waals surface area contributed by atoms with Crippen molar-refractivity contribution < 1.29 is 9.53 Å². The highest BCUT2D eigenvalue weighted by atomic mass is 16.5. The van der Waals surface area contributed by atoms with Crippen LogP contribution >= 0.6 is 0 Å². The first-order valence-corrected chi connectivity index (χ1v) is 9.14. The minimum Gasteiger partial charge on any atom is -0.450 e. The third-order valence-corrected chi connectivity index (χ3v) is 3.84. The lowest BCUT2D eigenvalue weighted by atomic mass is 10.1. The summed E-state index contributed by atoms with van der Waals surface area (Å²) in [6.07, 6.45) is 14.6. The van der Waals surface area contributed by atoms with Crippen molar-refractivity contribution in [1.29, 1.82) is 0 Å². The lowest BCUT2D eigenvalue weighted by Crippen LogP contribution is -2.33. The van der Waals surface area contributed by atoms with Crippen LogP contribution in [0.15, 0.2) is 0 Å². The van der Waals surface area contributed by atoms with Gasteiger partial charge in [-0.25, -0.2) is 4.79 Å². The quantitative estimate of drug-likeness (QED) is 0.410. The molecule has 0 rings (SSSR count). The number of carbonyl (C=O) groups is 1. The van der Waals surface area contributed by atoms with Crippen molar-refractivity contribution in [1.82, 2.24) is 5.32 Å². The van der Waals surface area contributed by atoms with Gasteiger partial charge in [-0.15, -0.1) is 0 Å². The maximum Gasteiger partial charge on any atom is 0.407 e. The van der Waals surface area contributed by atoms with Gasteiger partial charge in [0, 0.05) is 6.04 Å². The zero-order valence-electron chi connectivity index (χ0n) is 14.6. The zero-order chi connectivity index (χ0) is 15.8. The molecule has 3 heteroatoms. The molecule has 0 aliphatic heterocycles. The van der Waals surface area contributed by atoms with Crippen LogP contribution in [0.1, 0.15) is 97.8 Å². The van der Waals surface area contributed by atoms with Gasteiger partial charge in [-0.3, -0.25) is 0 Å². The predicted octanol–water partition coefficient (Wildman–Crippen LogP) is 5.82. The summed E-state index contributed by atoms with van der Waals surface area (Å²) in [6, 6.07) is 0.225. The molecule has 0 aromatic carbocycles. The van der Waals surface area contributed by atoms with Crippen LogP contribution in [0.3, 0.4) is 0 Å². The Morgan fingerprint density at radius 2 is 1.38 bits per heavy atom. The second kappa shape index (κ2) is 15.7. The van der Waals surface area contributed by atoms with Crippen molar-refractivity contribution in [3.05, 3.63) is 0 Å². The Morgan fingerprint density at radius 1 is 0.857 bits per heavy atom. The molecular formula is C18H37NO2. The van der Waals surface area contributed by atoms with E-state index >= 15 is 0 Å². The Hall–Kier alpha value is -0.730. The fraction of sp³-hybridized carbons (Fsp3) is 0.944. The van der Waals surface area contributed by atoms with E-state index in [1.54, 1.807) is 0 Å². The average Bonchev–Trinajstić information content (AvgIpc) is 2.45. The van der Waals surface area contributed by atoms with Gasteiger partial charge < -0.3 is 10.1 Å². The van der Waals surface area contributed by atoms with Crippen molar-refractivity contribution in [3.8, 4) is 0 Å². The van der Waals surface area contributed by atoms with Gasteiger partial charge in [0.2, 0.25) is 0 Å². The van der Waals surface area contributed by atoms with Gasteiger partial charge in [0.1, 0.15) is 0 Å². The van der Waals surface area contributed by atoms with Gasteiger partial charge in [0.25, 0.3) is 0 Å². The number of amides is 1. The van der Waals surface area contributed by atoms with E-state index in [0.717, 1.165) is 12.8 Å². The van der Waals surface area contributed by atoms with Crippen LogP contribution in [-0.4, -0.2) is 18.7 Å². The van der Waals surface area contributed by atoms with E-state index in [1.807, 2.05) is 6.92 Å². The molecule has 0 saturated heterocycles. The fourth-order valence-electron chi connectivity index (χ4n) is 2.42. The summed E-state index contributed by atoms with van der Waals surface area (Å²) < 4.78 is 5.21. The number of hydrogen-bond acceptors (Lipinski definition) is 2. The van der Waals surface area contributed by atoms with Crippen LogP contribution in [0.25, 0.3) is 0 Å². The summed E-state index contributed by atoms with van der Waals surface area (Å²) in [7, 11) is 0. The molecule has 1 amide bonds. The normalized spacial score (nSPS) is 12.1. The van der Waals surface area contributed by atoms with Crippen LogP contribution in [0.2, 0.25) is 0 Å². The second-order valence-corrected chi connectivity index (χ2v) is 6.15. The first-order chi connectivity index (χ1) is 10.2. The molecule has 0 fully saturated rings. The van der Waals surface area contributed by atoms with Gasteiger partial charge in [0.05, 0.1) is 6.61 Å². The highest BCUT2D eigenvalue weighted by Crippen LogP contribution is 2.08. The molecule has 0 aliphatic carbocycles. The van der Waals surface area contributed by atoms with Crippen LogP contribution in [0, 0.1) is 0 Å². The maximum atomic E-state index is 11.6. The third-order valence-electron chi connectivity index (χ3n) is 3.84. The number of carbonyl (C=O) groups excluding carboxylic acids is 1. The van der Waals surface area contributed by atoms with E-state index in [4.69, 9.17) is 4.74 Å². The number of alkyl carbamates (subject to hydrolysis) is 1. The summed E-state index contributed by atoms with van der Waals surface area (Å²) in [5, 5.41) is 2.90. The van der Waals surface area contributed by atoms with Gasteiger partial charge in [0.15, 0.2) is 0 Å². The maximum absolute atomic E-state index is 11.6. The monoisotopic (exact) mass is 299 g/mol. The molecule has 0 bridgehead atoms. The second-order valence-electron chi connectivity index (χ2n) is 6.15. The Labute approximate surface area is 132 Å². The van der Waals surface area contributed by atoms with Crippen LogP contribution in [0.4, 0.5) is 4.79 Å². The molecule has 0 aromatic rings. The highest BCUT2D eigenvalue weighted by molar-refractivity contribution is 5.67. The Kier molecular flexibility index (Phi) is 15.1. The van der Waals surface area contributed by atoms with Crippen molar-refractivity contribution >= 4 is 6.09 Å². The van der Waals surface area contributed by atoms with Crippen molar-refractivity contribution in [2.45, 2.75) is 104 Å². The number of rotatable bonds is 14. The molecule has 0 saturated carbocycles. The Balaban J connectivity index is 3.29. The van der Waals surface area contributed by atoms with Crippen LogP contribution < -0.4 is 5.32 Å². The molecule has 0 aliphatic rings. The summed E-state index contributed by atoms with van der Waals surface area (Å²) >= 11 is 0. The zero-order valence-corrected chi connectivity index (χ0v) is 14.6. The lowest BCUT2D eigenvalue weighted by Gasteiger charge is -2.13. The molecule has 1 atom stereocenters. The predicted molar refractivity (Wildman–Crippen MR) is 90.7 cm³/mol.